The summed E-state index contributed by atoms with van der Waals surface area (Å²) in [4.78, 5) is 0. The van der Waals surface area contributed by atoms with Crippen LogP contribution < -0.4 is 0 Å². The van der Waals surface area contributed by atoms with Gasteiger partial charge in [-0.2, -0.15) is 0 Å². The Morgan fingerprint density at radius 1 is 0.536 bits per heavy atom. The molecule has 0 radical (unpaired) electrons. The monoisotopic (exact) mass is 426 g/mol. The molecule has 0 spiro atoms. The Morgan fingerprint density at radius 3 is 1.18 bits per heavy atom. The van der Waals surface area contributed by atoms with E-state index in [1.54, 1.807) is 60.7 Å². The second-order valence-corrected chi connectivity index (χ2v) is 9.49. The molecule has 0 amide bonds. The molecule has 0 aromatic heterocycles. The Hall–Kier alpha value is -0.940. The number of hydrogen-bond acceptors (Lipinski definition) is 6. The molecule has 8 unspecified atom stereocenters. The minimum absolute atomic E-state index is 0.0183. The fourth-order valence-electron chi connectivity index (χ4n) is 2.72. The molecule has 0 fully saturated rings. The van der Waals surface area contributed by atoms with Crippen molar-refractivity contribution in [2.24, 2.45) is 0 Å². The molecule has 6 N–H and O–H groups in total. The molecule has 154 valence electrons. The molecule has 2 aromatic carbocycles. The highest BCUT2D eigenvalue weighted by Crippen LogP contribution is 2.32. The van der Waals surface area contributed by atoms with Crippen LogP contribution in [0.15, 0.2) is 60.7 Å². The van der Waals surface area contributed by atoms with Crippen molar-refractivity contribution in [2.45, 2.75) is 36.1 Å². The van der Waals surface area contributed by atoms with Crippen molar-refractivity contribution in [1.82, 2.24) is 0 Å². The highest BCUT2D eigenvalue weighted by atomic mass is 31.1. The maximum absolute atomic E-state index is 10.1. The van der Waals surface area contributed by atoms with Gasteiger partial charge in [0.2, 0.25) is 0 Å². The molecular formula is C20H28O6P2. The molecule has 2 aromatic rings. The Labute approximate surface area is 168 Å². The number of benzene rings is 2. The molecule has 0 saturated carbocycles. The average Bonchev–Trinajstić information content (AvgIpc) is 2.75. The number of hydrogen-bond donors (Lipinski definition) is 6. The van der Waals surface area contributed by atoms with E-state index in [0.717, 1.165) is 0 Å². The van der Waals surface area contributed by atoms with Crippen molar-refractivity contribution in [3.63, 3.8) is 0 Å². The van der Waals surface area contributed by atoms with E-state index in [2.05, 4.69) is 0 Å². The van der Waals surface area contributed by atoms with Crippen LogP contribution in [0.25, 0.3) is 0 Å². The zero-order chi connectivity index (χ0) is 20.5. The molecule has 0 aliphatic heterocycles. The largest absolute Gasteiger partial charge is 0.387 e. The number of rotatable bonds is 11. The van der Waals surface area contributed by atoms with E-state index in [1.165, 1.54) is 0 Å². The summed E-state index contributed by atoms with van der Waals surface area (Å²) >= 11 is 0. The summed E-state index contributed by atoms with van der Waals surface area (Å²) in [6.45, 7) is 0. The maximum Gasteiger partial charge on any atom is 0.114 e. The van der Waals surface area contributed by atoms with Crippen molar-refractivity contribution in [2.75, 3.05) is 12.3 Å². The second kappa shape index (κ2) is 11.9. The van der Waals surface area contributed by atoms with Gasteiger partial charge in [0, 0.05) is 0 Å². The Morgan fingerprint density at radius 2 is 0.857 bits per heavy atom. The Balaban J connectivity index is 1.72. The van der Waals surface area contributed by atoms with Gasteiger partial charge in [-0.3, -0.25) is 0 Å². The molecule has 28 heavy (non-hydrogen) atoms. The van der Waals surface area contributed by atoms with Crippen LogP contribution in [0.1, 0.15) is 23.3 Å². The predicted molar refractivity (Wildman–Crippen MR) is 113 cm³/mol. The van der Waals surface area contributed by atoms with Crippen molar-refractivity contribution in [3.05, 3.63) is 71.8 Å². The van der Waals surface area contributed by atoms with Gasteiger partial charge in [0.15, 0.2) is 0 Å². The highest BCUT2D eigenvalue weighted by Gasteiger charge is 2.27. The molecule has 0 aliphatic rings. The fraction of sp³-hybridized carbons (Fsp3) is 0.400. The van der Waals surface area contributed by atoms with E-state index in [4.69, 9.17) is 0 Å². The first-order valence-corrected chi connectivity index (χ1v) is 11.6. The van der Waals surface area contributed by atoms with Crippen LogP contribution in [0.4, 0.5) is 0 Å². The van der Waals surface area contributed by atoms with Crippen LogP contribution in [0.3, 0.4) is 0 Å². The van der Waals surface area contributed by atoms with Gasteiger partial charge in [-0.15, -0.1) is 0 Å². The van der Waals surface area contributed by atoms with Crippen molar-refractivity contribution < 1.29 is 30.6 Å². The standard InChI is InChI=1S/C20H28O6P2/c21-15(13-7-3-1-4-8-13)17(23)19(25)27-11-12-28-20(26)18(24)16(22)14-9-5-2-6-10-14/h1-10,15-28H,11-12H2. The molecule has 0 aliphatic carbocycles. The summed E-state index contributed by atoms with van der Waals surface area (Å²) in [5.41, 5.74) is 1.07. The van der Waals surface area contributed by atoms with E-state index in [1.807, 2.05) is 0 Å². The van der Waals surface area contributed by atoms with Gasteiger partial charge < -0.3 is 30.6 Å². The zero-order valence-electron chi connectivity index (χ0n) is 15.3. The average molecular weight is 426 g/mol. The predicted octanol–water partition coefficient (Wildman–Crippen LogP) is 1.17. The topological polar surface area (TPSA) is 121 Å². The highest BCUT2D eigenvalue weighted by molar-refractivity contribution is 7.43. The lowest BCUT2D eigenvalue weighted by Gasteiger charge is -2.25. The summed E-state index contributed by atoms with van der Waals surface area (Å²) in [7, 11) is -0.0366. The molecule has 2 rings (SSSR count). The van der Waals surface area contributed by atoms with Gasteiger partial charge >= 0.3 is 0 Å². The normalized spacial score (nSPS) is 18.9. The maximum atomic E-state index is 10.1. The van der Waals surface area contributed by atoms with Crippen molar-refractivity contribution in [1.29, 1.82) is 0 Å². The third-order valence-corrected chi connectivity index (χ3v) is 7.51. The smallest absolute Gasteiger partial charge is 0.114 e. The van der Waals surface area contributed by atoms with Crippen molar-refractivity contribution >= 4 is 17.2 Å². The molecular weight excluding hydrogens is 398 g/mol. The zero-order valence-corrected chi connectivity index (χ0v) is 17.3. The van der Waals surface area contributed by atoms with Crippen LogP contribution in [0, 0.1) is 0 Å². The Kier molecular flexibility index (Phi) is 9.93. The second-order valence-electron chi connectivity index (χ2n) is 6.49. The SMILES string of the molecule is OC(PCCPC(O)C(O)C(O)c1ccccc1)C(O)C(O)c1ccccc1. The van der Waals surface area contributed by atoms with Gasteiger partial charge in [-0.1, -0.05) is 77.8 Å². The number of aliphatic hydroxyl groups excluding tert-OH is 6. The first kappa shape index (κ1) is 23.3. The van der Waals surface area contributed by atoms with Gasteiger partial charge in [-0.05, 0) is 23.5 Å². The summed E-state index contributed by atoms with van der Waals surface area (Å²) in [6.07, 6.45) is -3.86. The molecule has 0 saturated heterocycles. The lowest BCUT2D eigenvalue weighted by atomic mass is 10.1. The summed E-state index contributed by atoms with van der Waals surface area (Å²) in [5.74, 6) is -2.14. The van der Waals surface area contributed by atoms with Crippen molar-refractivity contribution in [3.8, 4) is 0 Å². The van der Waals surface area contributed by atoms with Crippen LogP contribution in [0.5, 0.6) is 0 Å². The first-order chi connectivity index (χ1) is 13.4. The van der Waals surface area contributed by atoms with Crippen LogP contribution in [0.2, 0.25) is 0 Å². The molecule has 8 heteroatoms. The van der Waals surface area contributed by atoms with E-state index in [-0.39, 0.29) is 17.2 Å². The number of aliphatic hydroxyl groups is 6. The fourth-order valence-corrected chi connectivity index (χ4v) is 5.32. The molecule has 8 atom stereocenters. The van der Waals surface area contributed by atoms with Crippen LogP contribution >= 0.6 is 17.2 Å². The van der Waals surface area contributed by atoms with E-state index in [9.17, 15) is 30.6 Å². The minimum atomic E-state index is -1.29. The van der Waals surface area contributed by atoms with Gasteiger partial charge in [0.1, 0.15) is 24.4 Å². The molecule has 0 bridgehead atoms. The molecule has 6 nitrogen and oxygen atoms in total. The minimum Gasteiger partial charge on any atom is -0.387 e. The summed E-state index contributed by atoms with van der Waals surface area (Å²) in [6, 6.07) is 17.3. The quantitative estimate of drug-likeness (QED) is 0.237. The van der Waals surface area contributed by atoms with Crippen LogP contribution in [-0.4, -0.2) is 66.9 Å². The van der Waals surface area contributed by atoms with Crippen LogP contribution in [-0.2, 0) is 0 Å². The lowest BCUT2D eigenvalue weighted by molar-refractivity contribution is -0.0295. The van der Waals surface area contributed by atoms with Gasteiger partial charge in [0.05, 0.1) is 11.7 Å². The third-order valence-electron chi connectivity index (χ3n) is 4.41. The van der Waals surface area contributed by atoms with E-state index in [0.29, 0.717) is 23.5 Å². The summed E-state index contributed by atoms with van der Waals surface area (Å²) < 4.78 is 0. The van der Waals surface area contributed by atoms with E-state index < -0.39 is 36.1 Å². The third kappa shape index (κ3) is 6.84. The molecule has 0 heterocycles. The Bertz CT molecular complexity index is 615. The summed E-state index contributed by atoms with van der Waals surface area (Å²) in [5, 5.41) is 60.8. The van der Waals surface area contributed by atoms with E-state index >= 15 is 0 Å². The van der Waals surface area contributed by atoms with Gasteiger partial charge in [-0.25, -0.2) is 0 Å². The van der Waals surface area contributed by atoms with Gasteiger partial charge in [0.25, 0.3) is 0 Å². The first-order valence-electron chi connectivity index (χ1n) is 9.07. The lowest BCUT2D eigenvalue weighted by Crippen LogP contribution is -2.30.